The van der Waals surface area contributed by atoms with E-state index in [0.29, 0.717) is 6.42 Å². The van der Waals surface area contributed by atoms with Crippen LogP contribution < -0.4 is 0 Å². The summed E-state index contributed by atoms with van der Waals surface area (Å²) in [6.45, 7) is 4.22. The van der Waals surface area contributed by atoms with Gasteiger partial charge in [0, 0.05) is 5.75 Å². The number of hydrogen-bond acceptors (Lipinski definition) is 5. The third-order valence-corrected chi connectivity index (χ3v) is 5.24. The quantitative estimate of drug-likeness (QED) is 0.778. The zero-order chi connectivity index (χ0) is 12.2. The Balaban J connectivity index is 2.49. The molecule has 6 heteroatoms. The standard InChI is InChI=1S/C10H14BrNO2S2/c1-10(2,9-12-6-7(11)16-9)15-5-4-8(13)14-3/h6H,4-5H2,1-3H3. The lowest BCUT2D eigenvalue weighted by Gasteiger charge is -2.20. The number of thioether (sulfide) groups is 1. The van der Waals surface area contributed by atoms with Crippen LogP contribution in [0.15, 0.2) is 9.98 Å². The first-order valence-electron chi connectivity index (χ1n) is 4.78. The average molecular weight is 324 g/mol. The minimum Gasteiger partial charge on any atom is -0.469 e. The smallest absolute Gasteiger partial charge is 0.306 e. The van der Waals surface area contributed by atoms with Crippen molar-refractivity contribution in [3.8, 4) is 0 Å². The minimum absolute atomic E-state index is 0.0648. The molecule has 16 heavy (non-hydrogen) atoms. The molecule has 0 aliphatic carbocycles. The number of nitrogens with zero attached hydrogens (tertiary/aromatic N) is 1. The van der Waals surface area contributed by atoms with E-state index in [0.717, 1.165) is 14.5 Å². The van der Waals surface area contributed by atoms with E-state index in [1.54, 1.807) is 23.1 Å². The van der Waals surface area contributed by atoms with Crippen molar-refractivity contribution in [2.75, 3.05) is 12.9 Å². The number of hydrogen-bond donors (Lipinski definition) is 0. The number of carbonyl (C=O) groups is 1. The first-order valence-corrected chi connectivity index (χ1v) is 7.38. The highest BCUT2D eigenvalue weighted by Crippen LogP contribution is 2.39. The highest BCUT2D eigenvalue weighted by molar-refractivity contribution is 9.11. The molecule has 90 valence electrons. The van der Waals surface area contributed by atoms with Gasteiger partial charge in [0.05, 0.1) is 28.3 Å². The van der Waals surface area contributed by atoms with Gasteiger partial charge in [0.1, 0.15) is 5.01 Å². The lowest BCUT2D eigenvalue weighted by atomic mass is 10.2. The molecule has 0 N–H and O–H groups in total. The maximum atomic E-state index is 11.0. The summed E-state index contributed by atoms with van der Waals surface area (Å²) in [7, 11) is 1.41. The molecule has 0 saturated carbocycles. The molecule has 1 aromatic rings. The van der Waals surface area contributed by atoms with Crippen LogP contribution in [0, 0.1) is 0 Å². The summed E-state index contributed by atoms with van der Waals surface area (Å²) in [6, 6.07) is 0. The maximum Gasteiger partial charge on any atom is 0.306 e. The molecule has 0 spiro atoms. The Morgan fingerprint density at radius 3 is 2.88 bits per heavy atom. The number of methoxy groups -OCH3 is 1. The number of thiazole rings is 1. The van der Waals surface area contributed by atoms with E-state index in [2.05, 4.69) is 39.5 Å². The zero-order valence-corrected chi connectivity index (χ0v) is 12.7. The van der Waals surface area contributed by atoms with Crippen molar-refractivity contribution < 1.29 is 9.53 Å². The molecule has 1 heterocycles. The molecule has 0 atom stereocenters. The molecule has 0 unspecified atom stereocenters. The van der Waals surface area contributed by atoms with Crippen LogP contribution >= 0.6 is 39.0 Å². The molecule has 0 fully saturated rings. The zero-order valence-electron chi connectivity index (χ0n) is 9.45. The number of carbonyl (C=O) groups excluding carboxylic acids is 1. The summed E-state index contributed by atoms with van der Waals surface area (Å²) in [5.41, 5.74) is 0. The summed E-state index contributed by atoms with van der Waals surface area (Å²) in [5.74, 6) is 0.584. The van der Waals surface area contributed by atoms with Gasteiger partial charge in [-0.25, -0.2) is 4.98 Å². The summed E-state index contributed by atoms with van der Waals surface area (Å²) in [4.78, 5) is 15.3. The highest BCUT2D eigenvalue weighted by Gasteiger charge is 2.24. The van der Waals surface area contributed by atoms with Crippen molar-refractivity contribution in [3.05, 3.63) is 15.0 Å². The van der Waals surface area contributed by atoms with Gasteiger partial charge in [-0.2, -0.15) is 0 Å². The van der Waals surface area contributed by atoms with Crippen LogP contribution in [0.25, 0.3) is 0 Å². The minimum atomic E-state index is -0.163. The normalized spacial score (nSPS) is 11.5. The second kappa shape index (κ2) is 6.02. The van der Waals surface area contributed by atoms with Gasteiger partial charge in [-0.05, 0) is 29.8 Å². The fraction of sp³-hybridized carbons (Fsp3) is 0.600. The summed E-state index contributed by atoms with van der Waals surface area (Å²) in [5, 5.41) is 1.06. The van der Waals surface area contributed by atoms with Crippen LogP contribution in [0.3, 0.4) is 0 Å². The van der Waals surface area contributed by atoms with Crippen LogP contribution in [-0.4, -0.2) is 23.8 Å². The number of halogens is 1. The SMILES string of the molecule is COC(=O)CCSC(C)(C)c1ncc(Br)s1. The molecule has 0 bridgehead atoms. The van der Waals surface area contributed by atoms with Crippen LogP contribution in [0.4, 0.5) is 0 Å². The Morgan fingerprint density at radius 2 is 2.38 bits per heavy atom. The van der Waals surface area contributed by atoms with Gasteiger partial charge in [0.25, 0.3) is 0 Å². The van der Waals surface area contributed by atoms with Gasteiger partial charge < -0.3 is 4.74 Å². The predicted octanol–water partition coefficient (Wildman–Crippen LogP) is 3.44. The van der Waals surface area contributed by atoms with E-state index in [4.69, 9.17) is 0 Å². The predicted molar refractivity (Wildman–Crippen MR) is 71.9 cm³/mol. The fourth-order valence-electron chi connectivity index (χ4n) is 1.09. The highest BCUT2D eigenvalue weighted by atomic mass is 79.9. The largest absolute Gasteiger partial charge is 0.469 e. The third kappa shape index (κ3) is 4.07. The van der Waals surface area contributed by atoms with E-state index in [-0.39, 0.29) is 10.7 Å². The van der Waals surface area contributed by atoms with Gasteiger partial charge in [0.2, 0.25) is 0 Å². The average Bonchev–Trinajstić information content (AvgIpc) is 2.65. The Bertz CT molecular complexity index is 365. The number of aromatic nitrogens is 1. The van der Waals surface area contributed by atoms with E-state index in [9.17, 15) is 4.79 Å². The van der Waals surface area contributed by atoms with Crippen molar-refractivity contribution in [3.63, 3.8) is 0 Å². The van der Waals surface area contributed by atoms with E-state index < -0.39 is 0 Å². The second-order valence-electron chi connectivity index (χ2n) is 3.65. The summed E-state index contributed by atoms with van der Waals surface area (Å²) < 4.78 is 5.57. The Kier molecular flexibility index (Phi) is 5.27. The third-order valence-electron chi connectivity index (χ3n) is 1.99. The maximum absolute atomic E-state index is 11.0. The summed E-state index contributed by atoms with van der Waals surface area (Å²) >= 11 is 6.74. The lowest BCUT2D eigenvalue weighted by molar-refractivity contribution is -0.140. The molecule has 1 aromatic heterocycles. The molecule has 3 nitrogen and oxygen atoms in total. The van der Waals surface area contributed by atoms with Gasteiger partial charge in [0.15, 0.2) is 0 Å². The fourth-order valence-corrected chi connectivity index (χ4v) is 3.55. The van der Waals surface area contributed by atoms with Crippen LogP contribution in [-0.2, 0) is 14.3 Å². The molecule has 0 aromatic carbocycles. The van der Waals surface area contributed by atoms with Crippen molar-refractivity contribution in [1.29, 1.82) is 0 Å². The Hall–Kier alpha value is -0.0700. The van der Waals surface area contributed by atoms with Crippen molar-refractivity contribution in [2.24, 2.45) is 0 Å². The number of rotatable bonds is 5. The van der Waals surface area contributed by atoms with E-state index in [1.165, 1.54) is 7.11 Å². The van der Waals surface area contributed by atoms with E-state index in [1.807, 2.05) is 6.20 Å². The van der Waals surface area contributed by atoms with E-state index >= 15 is 0 Å². The Morgan fingerprint density at radius 1 is 1.69 bits per heavy atom. The summed E-state index contributed by atoms with van der Waals surface area (Å²) in [6.07, 6.45) is 2.25. The first-order chi connectivity index (χ1) is 7.45. The van der Waals surface area contributed by atoms with Gasteiger partial charge >= 0.3 is 5.97 Å². The van der Waals surface area contributed by atoms with Crippen molar-refractivity contribution >= 4 is 45.0 Å². The molecular weight excluding hydrogens is 310 g/mol. The van der Waals surface area contributed by atoms with Crippen LogP contribution in [0.5, 0.6) is 0 Å². The molecule has 0 amide bonds. The topological polar surface area (TPSA) is 39.2 Å². The molecule has 0 saturated heterocycles. The van der Waals surface area contributed by atoms with Gasteiger partial charge in [-0.15, -0.1) is 23.1 Å². The molecule has 0 aliphatic rings. The number of ether oxygens (including phenoxy) is 1. The van der Waals surface area contributed by atoms with Crippen molar-refractivity contribution in [2.45, 2.75) is 25.0 Å². The van der Waals surface area contributed by atoms with Gasteiger partial charge in [-0.3, -0.25) is 4.79 Å². The second-order valence-corrected chi connectivity index (χ2v) is 7.78. The molecule has 1 rings (SSSR count). The lowest BCUT2D eigenvalue weighted by Crippen LogP contribution is -2.13. The number of esters is 1. The van der Waals surface area contributed by atoms with Crippen LogP contribution in [0.1, 0.15) is 25.3 Å². The Labute approximate surface area is 112 Å². The monoisotopic (exact) mass is 323 g/mol. The molecular formula is C10H14BrNO2S2. The van der Waals surface area contributed by atoms with Crippen LogP contribution in [0.2, 0.25) is 0 Å². The van der Waals surface area contributed by atoms with Gasteiger partial charge in [-0.1, -0.05) is 0 Å². The molecule has 0 radical (unpaired) electrons. The molecule has 0 aliphatic heterocycles. The van der Waals surface area contributed by atoms with Crippen molar-refractivity contribution in [1.82, 2.24) is 4.98 Å². The first kappa shape index (κ1) is 14.0.